The molecular formula is C13H15BrClNO3. The topological polar surface area (TPSA) is 66.4 Å². The van der Waals surface area contributed by atoms with Gasteiger partial charge in [-0.3, -0.25) is 4.79 Å². The minimum absolute atomic E-state index is 0.253. The third-order valence-electron chi connectivity index (χ3n) is 3.14. The van der Waals surface area contributed by atoms with Gasteiger partial charge in [0.15, 0.2) is 0 Å². The Labute approximate surface area is 125 Å². The molecule has 0 aromatic heterocycles. The molecule has 6 heteroatoms. The number of nitrogens with one attached hydrogen (secondary N) is 1. The van der Waals surface area contributed by atoms with Gasteiger partial charge in [0.2, 0.25) is 0 Å². The summed E-state index contributed by atoms with van der Waals surface area (Å²) in [5, 5.41) is 12.1. The Bertz CT molecular complexity index is 501. The lowest BCUT2D eigenvalue weighted by atomic mass is 9.92. The van der Waals surface area contributed by atoms with Crippen LogP contribution >= 0.6 is 27.5 Å². The van der Waals surface area contributed by atoms with Crippen molar-refractivity contribution in [2.75, 3.05) is 0 Å². The molecule has 19 heavy (non-hydrogen) atoms. The number of hydrogen-bond acceptors (Lipinski definition) is 2. The first-order valence-electron chi connectivity index (χ1n) is 5.87. The standard InChI is InChI=1S/C13H15BrClNO3/c1-3-13(4-2,12(18)19)16-11(17)9-7-8(14)5-6-10(9)15/h5-7H,3-4H2,1-2H3,(H,16,17)(H,18,19). The SMILES string of the molecule is CCC(CC)(NC(=O)c1cc(Br)ccc1Cl)C(=O)O. The first-order chi connectivity index (χ1) is 8.86. The quantitative estimate of drug-likeness (QED) is 0.856. The van der Waals surface area contributed by atoms with E-state index in [-0.39, 0.29) is 10.6 Å². The molecule has 0 bridgehead atoms. The fourth-order valence-electron chi connectivity index (χ4n) is 1.74. The zero-order chi connectivity index (χ0) is 14.6. The van der Waals surface area contributed by atoms with Gasteiger partial charge in [0, 0.05) is 4.47 Å². The van der Waals surface area contributed by atoms with Crippen molar-refractivity contribution in [3.05, 3.63) is 33.3 Å². The van der Waals surface area contributed by atoms with E-state index in [2.05, 4.69) is 21.2 Å². The van der Waals surface area contributed by atoms with Gasteiger partial charge in [0.1, 0.15) is 5.54 Å². The van der Waals surface area contributed by atoms with Gasteiger partial charge in [-0.25, -0.2) is 4.79 Å². The molecule has 0 aliphatic carbocycles. The van der Waals surface area contributed by atoms with Gasteiger partial charge in [-0.2, -0.15) is 0 Å². The first kappa shape index (κ1) is 16.0. The summed E-state index contributed by atoms with van der Waals surface area (Å²) in [6.45, 7) is 3.45. The second-order valence-corrected chi connectivity index (χ2v) is 5.50. The van der Waals surface area contributed by atoms with Crippen LogP contribution in [-0.2, 0) is 4.79 Å². The molecule has 1 aromatic carbocycles. The number of amides is 1. The summed E-state index contributed by atoms with van der Waals surface area (Å²) < 4.78 is 0.705. The average molecular weight is 349 g/mol. The maximum atomic E-state index is 12.2. The number of hydrogen-bond donors (Lipinski definition) is 2. The zero-order valence-electron chi connectivity index (χ0n) is 10.7. The number of carboxylic acids is 1. The van der Waals surface area contributed by atoms with E-state index >= 15 is 0 Å². The van der Waals surface area contributed by atoms with Crippen LogP contribution < -0.4 is 5.32 Å². The molecule has 0 radical (unpaired) electrons. The average Bonchev–Trinajstić information content (AvgIpc) is 2.38. The molecular weight excluding hydrogens is 334 g/mol. The molecule has 0 aliphatic rings. The fourth-order valence-corrected chi connectivity index (χ4v) is 2.30. The smallest absolute Gasteiger partial charge is 0.329 e. The number of carboxylic acid groups (broad SMARTS) is 1. The minimum atomic E-state index is -1.26. The van der Waals surface area contributed by atoms with E-state index in [1.54, 1.807) is 32.0 Å². The fraction of sp³-hybridized carbons (Fsp3) is 0.385. The number of halogens is 2. The molecule has 2 N–H and O–H groups in total. The summed E-state index contributed by atoms with van der Waals surface area (Å²) in [6, 6.07) is 4.86. The van der Waals surface area contributed by atoms with E-state index in [0.717, 1.165) is 0 Å². The Kier molecular flexibility index (Phi) is 5.38. The third-order valence-corrected chi connectivity index (χ3v) is 3.97. The molecule has 104 valence electrons. The summed E-state index contributed by atoms with van der Waals surface area (Å²) in [4.78, 5) is 23.5. The number of rotatable bonds is 5. The first-order valence-corrected chi connectivity index (χ1v) is 7.04. The minimum Gasteiger partial charge on any atom is -0.480 e. The number of carbonyl (C=O) groups is 2. The Balaban J connectivity index is 3.07. The Morgan fingerprint density at radius 1 is 1.37 bits per heavy atom. The Hall–Kier alpha value is -1.07. The molecule has 1 rings (SSSR count). The van der Waals surface area contributed by atoms with Crippen LogP contribution in [0.25, 0.3) is 0 Å². The monoisotopic (exact) mass is 347 g/mol. The number of carbonyl (C=O) groups excluding carboxylic acids is 1. The molecule has 0 saturated heterocycles. The highest BCUT2D eigenvalue weighted by molar-refractivity contribution is 9.10. The van der Waals surface area contributed by atoms with Gasteiger partial charge in [0.25, 0.3) is 5.91 Å². The highest BCUT2D eigenvalue weighted by Gasteiger charge is 2.36. The van der Waals surface area contributed by atoms with Crippen molar-refractivity contribution in [2.45, 2.75) is 32.2 Å². The molecule has 4 nitrogen and oxygen atoms in total. The lowest BCUT2D eigenvalue weighted by molar-refractivity contribution is -0.144. The van der Waals surface area contributed by atoms with Crippen molar-refractivity contribution in [1.29, 1.82) is 0 Å². The van der Waals surface area contributed by atoms with Gasteiger partial charge in [-0.15, -0.1) is 0 Å². The summed E-state index contributed by atoms with van der Waals surface area (Å²) in [7, 11) is 0. The Morgan fingerprint density at radius 2 is 1.95 bits per heavy atom. The van der Waals surface area contributed by atoms with Gasteiger partial charge >= 0.3 is 5.97 Å². The molecule has 0 spiro atoms. The van der Waals surface area contributed by atoms with Crippen LogP contribution in [0.3, 0.4) is 0 Å². The molecule has 0 fully saturated rings. The maximum Gasteiger partial charge on any atom is 0.329 e. The van der Waals surface area contributed by atoms with E-state index in [1.165, 1.54) is 0 Å². The summed E-state index contributed by atoms with van der Waals surface area (Å²) in [6.07, 6.45) is 0.604. The van der Waals surface area contributed by atoms with E-state index in [0.29, 0.717) is 17.3 Å². The van der Waals surface area contributed by atoms with E-state index in [9.17, 15) is 14.7 Å². The van der Waals surface area contributed by atoms with Gasteiger partial charge in [-0.1, -0.05) is 41.4 Å². The van der Waals surface area contributed by atoms with Gasteiger partial charge in [0.05, 0.1) is 10.6 Å². The highest BCUT2D eigenvalue weighted by Crippen LogP contribution is 2.23. The van der Waals surface area contributed by atoms with Crippen molar-refractivity contribution >= 4 is 39.4 Å². The predicted octanol–water partition coefficient (Wildman–Crippen LogP) is 3.48. The van der Waals surface area contributed by atoms with Crippen LogP contribution in [0.4, 0.5) is 0 Å². The zero-order valence-corrected chi connectivity index (χ0v) is 13.0. The second kappa shape index (κ2) is 6.39. The maximum absolute atomic E-state index is 12.2. The van der Waals surface area contributed by atoms with E-state index in [4.69, 9.17) is 11.6 Å². The number of benzene rings is 1. The van der Waals surface area contributed by atoms with Gasteiger partial charge < -0.3 is 10.4 Å². The molecule has 0 aliphatic heterocycles. The van der Waals surface area contributed by atoms with Crippen LogP contribution in [-0.4, -0.2) is 22.5 Å². The lowest BCUT2D eigenvalue weighted by Crippen LogP contribution is -2.53. The molecule has 0 saturated carbocycles. The molecule has 0 heterocycles. The Morgan fingerprint density at radius 3 is 2.42 bits per heavy atom. The molecule has 0 atom stereocenters. The summed E-state index contributed by atoms with van der Waals surface area (Å²) in [5.74, 6) is -1.53. The van der Waals surface area contributed by atoms with Crippen molar-refractivity contribution in [3.8, 4) is 0 Å². The highest BCUT2D eigenvalue weighted by atomic mass is 79.9. The van der Waals surface area contributed by atoms with Crippen LogP contribution in [0.5, 0.6) is 0 Å². The number of aliphatic carboxylic acids is 1. The van der Waals surface area contributed by atoms with E-state index in [1.807, 2.05) is 0 Å². The molecule has 0 unspecified atom stereocenters. The lowest BCUT2D eigenvalue weighted by Gasteiger charge is -2.28. The van der Waals surface area contributed by atoms with Crippen molar-refractivity contribution in [2.24, 2.45) is 0 Å². The molecule has 1 aromatic rings. The van der Waals surface area contributed by atoms with Crippen LogP contribution in [0.2, 0.25) is 5.02 Å². The van der Waals surface area contributed by atoms with Crippen LogP contribution in [0.15, 0.2) is 22.7 Å². The van der Waals surface area contributed by atoms with Crippen molar-refractivity contribution in [1.82, 2.24) is 5.32 Å². The van der Waals surface area contributed by atoms with Crippen LogP contribution in [0.1, 0.15) is 37.0 Å². The van der Waals surface area contributed by atoms with Crippen LogP contribution in [0, 0.1) is 0 Å². The van der Waals surface area contributed by atoms with Crippen molar-refractivity contribution in [3.63, 3.8) is 0 Å². The van der Waals surface area contributed by atoms with E-state index < -0.39 is 17.4 Å². The normalized spacial score (nSPS) is 11.2. The second-order valence-electron chi connectivity index (χ2n) is 4.17. The summed E-state index contributed by atoms with van der Waals surface area (Å²) >= 11 is 9.21. The summed E-state index contributed by atoms with van der Waals surface area (Å²) in [5.41, 5.74) is -1.01. The predicted molar refractivity (Wildman–Crippen MR) is 77.6 cm³/mol. The van der Waals surface area contributed by atoms with Crippen molar-refractivity contribution < 1.29 is 14.7 Å². The molecule has 1 amide bonds. The van der Waals surface area contributed by atoms with Gasteiger partial charge in [-0.05, 0) is 31.0 Å². The third kappa shape index (κ3) is 3.48. The largest absolute Gasteiger partial charge is 0.480 e.